The van der Waals surface area contributed by atoms with E-state index in [0.29, 0.717) is 13.0 Å². The molecule has 0 saturated carbocycles. The van der Waals surface area contributed by atoms with Crippen LogP contribution in [0.3, 0.4) is 0 Å². The lowest BCUT2D eigenvalue weighted by Crippen LogP contribution is -2.49. The van der Waals surface area contributed by atoms with Gasteiger partial charge in [-0.2, -0.15) is 0 Å². The molecule has 0 radical (unpaired) electrons. The molecule has 0 fully saturated rings. The van der Waals surface area contributed by atoms with Crippen LogP contribution in [0.25, 0.3) is 0 Å². The summed E-state index contributed by atoms with van der Waals surface area (Å²) >= 11 is 0. The van der Waals surface area contributed by atoms with Crippen LogP contribution < -0.4 is 10.1 Å². The number of carboxylic acids is 1. The number of aliphatic carboxylic acids is 1. The van der Waals surface area contributed by atoms with E-state index >= 15 is 0 Å². The predicted molar refractivity (Wildman–Crippen MR) is 84.6 cm³/mol. The number of carbonyl (C=O) groups is 1. The lowest BCUT2D eigenvalue weighted by Gasteiger charge is -2.30. The van der Waals surface area contributed by atoms with Gasteiger partial charge in [-0.3, -0.25) is 10.1 Å². The van der Waals surface area contributed by atoms with E-state index < -0.39 is 11.5 Å². The fourth-order valence-electron chi connectivity index (χ4n) is 1.98. The normalized spacial score (nSPS) is 14.5. The van der Waals surface area contributed by atoms with Crippen LogP contribution in [0.4, 0.5) is 0 Å². The second-order valence-electron chi connectivity index (χ2n) is 6.90. The number of methoxy groups -OCH3 is 1. The summed E-state index contributed by atoms with van der Waals surface area (Å²) in [5, 5.41) is 12.7. The first-order valence-corrected chi connectivity index (χ1v) is 7.28. The molecule has 0 bridgehead atoms. The monoisotopic (exact) mass is 293 g/mol. The molecule has 4 heteroatoms. The summed E-state index contributed by atoms with van der Waals surface area (Å²) in [5.74, 6) is -0.0318. The molecular formula is C17H27NO3. The number of benzene rings is 1. The summed E-state index contributed by atoms with van der Waals surface area (Å²) < 4.78 is 5.18. The molecule has 0 unspecified atom stereocenters. The molecule has 4 nitrogen and oxygen atoms in total. The molecule has 0 heterocycles. The highest BCUT2D eigenvalue weighted by atomic mass is 16.5. The molecule has 1 atom stereocenters. The van der Waals surface area contributed by atoms with Crippen molar-refractivity contribution in [3.63, 3.8) is 0 Å². The molecule has 118 valence electrons. The van der Waals surface area contributed by atoms with Gasteiger partial charge in [-0.25, -0.2) is 0 Å². The van der Waals surface area contributed by atoms with E-state index in [-0.39, 0.29) is 5.41 Å². The lowest BCUT2D eigenvalue weighted by molar-refractivity contribution is -0.144. The predicted octanol–water partition coefficient (Wildman–Crippen LogP) is 3.45. The van der Waals surface area contributed by atoms with Gasteiger partial charge in [0, 0.05) is 6.54 Å². The third kappa shape index (κ3) is 5.76. The van der Waals surface area contributed by atoms with Gasteiger partial charge in [0.25, 0.3) is 0 Å². The van der Waals surface area contributed by atoms with E-state index in [1.54, 1.807) is 14.0 Å². The van der Waals surface area contributed by atoms with Crippen LogP contribution in [0.15, 0.2) is 24.3 Å². The molecule has 0 aliphatic carbocycles. The highest BCUT2D eigenvalue weighted by Crippen LogP contribution is 2.26. The average Bonchev–Trinajstić information content (AvgIpc) is 2.42. The molecule has 0 saturated heterocycles. The number of rotatable bonds is 7. The molecule has 1 aromatic carbocycles. The van der Waals surface area contributed by atoms with Crippen molar-refractivity contribution in [1.82, 2.24) is 5.32 Å². The van der Waals surface area contributed by atoms with Crippen LogP contribution >= 0.6 is 0 Å². The highest BCUT2D eigenvalue weighted by molar-refractivity contribution is 5.78. The van der Waals surface area contributed by atoms with Gasteiger partial charge in [0.15, 0.2) is 0 Å². The highest BCUT2D eigenvalue weighted by Gasteiger charge is 2.33. The van der Waals surface area contributed by atoms with E-state index in [9.17, 15) is 9.90 Å². The fraction of sp³-hybridized carbons (Fsp3) is 0.588. The third-order valence-electron chi connectivity index (χ3n) is 3.66. The van der Waals surface area contributed by atoms with Crippen molar-refractivity contribution in [1.29, 1.82) is 0 Å². The van der Waals surface area contributed by atoms with E-state index in [4.69, 9.17) is 4.74 Å². The van der Waals surface area contributed by atoms with E-state index in [0.717, 1.165) is 17.7 Å². The Kier molecular flexibility index (Phi) is 5.78. The van der Waals surface area contributed by atoms with Gasteiger partial charge in [-0.15, -0.1) is 0 Å². The van der Waals surface area contributed by atoms with Crippen LogP contribution in [0.1, 0.15) is 46.1 Å². The maximum atomic E-state index is 11.6. The summed E-state index contributed by atoms with van der Waals surface area (Å²) in [7, 11) is 1.62. The van der Waals surface area contributed by atoms with Crippen molar-refractivity contribution < 1.29 is 14.6 Å². The van der Waals surface area contributed by atoms with Crippen molar-refractivity contribution >= 4 is 5.97 Å². The second-order valence-corrected chi connectivity index (χ2v) is 6.90. The van der Waals surface area contributed by atoms with E-state index in [2.05, 4.69) is 26.1 Å². The van der Waals surface area contributed by atoms with Crippen LogP contribution in [-0.2, 0) is 11.3 Å². The van der Waals surface area contributed by atoms with Crippen LogP contribution in [0, 0.1) is 5.41 Å². The molecule has 1 rings (SSSR count). The Labute approximate surface area is 127 Å². The Morgan fingerprint density at radius 1 is 1.24 bits per heavy atom. The minimum atomic E-state index is -0.920. The zero-order valence-corrected chi connectivity index (χ0v) is 13.7. The van der Waals surface area contributed by atoms with Gasteiger partial charge >= 0.3 is 5.97 Å². The molecular weight excluding hydrogens is 266 g/mol. The Balaban J connectivity index is 2.71. The molecule has 0 amide bonds. The summed E-state index contributed by atoms with van der Waals surface area (Å²) in [4.78, 5) is 11.6. The van der Waals surface area contributed by atoms with Crippen molar-refractivity contribution in [3.8, 4) is 5.75 Å². The zero-order valence-electron chi connectivity index (χ0n) is 13.7. The number of hydrogen-bond acceptors (Lipinski definition) is 3. The van der Waals surface area contributed by atoms with Crippen LogP contribution in [0.5, 0.6) is 5.75 Å². The van der Waals surface area contributed by atoms with Crippen LogP contribution in [0.2, 0.25) is 0 Å². The van der Waals surface area contributed by atoms with Gasteiger partial charge in [-0.05, 0) is 42.9 Å². The first-order valence-electron chi connectivity index (χ1n) is 7.28. The van der Waals surface area contributed by atoms with Crippen molar-refractivity contribution in [2.24, 2.45) is 5.41 Å². The quantitative estimate of drug-likeness (QED) is 0.808. The number of ether oxygens (including phenoxy) is 1. The molecule has 2 N–H and O–H groups in total. The smallest absolute Gasteiger partial charge is 0.323 e. The molecule has 1 aromatic rings. The molecule has 0 aromatic heterocycles. The van der Waals surface area contributed by atoms with Gasteiger partial charge in [-0.1, -0.05) is 32.9 Å². The average molecular weight is 293 g/mol. The van der Waals surface area contributed by atoms with Gasteiger partial charge in [0.2, 0.25) is 0 Å². The number of hydrogen-bond donors (Lipinski definition) is 2. The van der Waals surface area contributed by atoms with Crippen molar-refractivity contribution in [3.05, 3.63) is 29.8 Å². The Morgan fingerprint density at radius 3 is 2.43 bits per heavy atom. The summed E-state index contributed by atoms with van der Waals surface area (Å²) in [5.41, 5.74) is 0.211. The largest absolute Gasteiger partial charge is 0.497 e. The number of carboxylic acid groups (broad SMARTS) is 1. The van der Waals surface area contributed by atoms with Gasteiger partial charge < -0.3 is 9.84 Å². The Bertz CT molecular complexity index is 479. The maximum absolute atomic E-state index is 11.6. The molecule has 0 aliphatic rings. The summed E-state index contributed by atoms with van der Waals surface area (Å²) in [6.07, 6.45) is 1.44. The molecule has 0 spiro atoms. The summed E-state index contributed by atoms with van der Waals surface area (Å²) in [6.45, 7) is 8.62. The first kappa shape index (κ1) is 17.5. The first-order chi connectivity index (χ1) is 9.66. The van der Waals surface area contributed by atoms with Crippen molar-refractivity contribution in [2.75, 3.05) is 7.11 Å². The topological polar surface area (TPSA) is 58.6 Å². The standard InChI is InChI=1S/C17H27NO3/c1-16(2,3)9-10-17(4,15(19)20)18-12-13-7-6-8-14(11-13)21-5/h6-8,11,18H,9-10,12H2,1-5H3,(H,19,20)/t17-/m0/s1. The summed E-state index contributed by atoms with van der Waals surface area (Å²) in [6, 6.07) is 7.66. The molecule has 21 heavy (non-hydrogen) atoms. The molecule has 0 aliphatic heterocycles. The minimum Gasteiger partial charge on any atom is -0.497 e. The maximum Gasteiger partial charge on any atom is 0.323 e. The SMILES string of the molecule is COc1cccc(CN[C@@](C)(CCC(C)(C)C)C(=O)O)c1. The second kappa shape index (κ2) is 6.94. The third-order valence-corrected chi connectivity index (χ3v) is 3.66. The van der Waals surface area contributed by atoms with E-state index in [1.165, 1.54) is 0 Å². The number of nitrogens with one attached hydrogen (secondary N) is 1. The van der Waals surface area contributed by atoms with Gasteiger partial charge in [0.1, 0.15) is 11.3 Å². The lowest BCUT2D eigenvalue weighted by atomic mass is 9.84. The van der Waals surface area contributed by atoms with Crippen molar-refractivity contribution in [2.45, 2.75) is 52.6 Å². The van der Waals surface area contributed by atoms with Crippen LogP contribution in [-0.4, -0.2) is 23.7 Å². The fourth-order valence-corrected chi connectivity index (χ4v) is 1.98. The van der Waals surface area contributed by atoms with Gasteiger partial charge in [0.05, 0.1) is 7.11 Å². The Morgan fingerprint density at radius 2 is 1.90 bits per heavy atom. The Hall–Kier alpha value is -1.55. The van der Waals surface area contributed by atoms with E-state index in [1.807, 2.05) is 24.3 Å². The minimum absolute atomic E-state index is 0.119. The zero-order chi connectivity index (χ0) is 16.1.